The number of carbonyl (C=O) groups is 1. The van der Waals surface area contributed by atoms with Crippen LogP contribution in [0, 0.1) is 0 Å². The molecule has 1 atom stereocenters. The van der Waals surface area contributed by atoms with Crippen molar-refractivity contribution in [3.05, 3.63) is 24.0 Å². The van der Waals surface area contributed by atoms with Crippen LogP contribution in [0.1, 0.15) is 39.4 Å². The molecule has 1 aromatic heterocycles. The second-order valence-electron chi connectivity index (χ2n) is 6.56. The molecular formula is C16H21N3O2. The van der Waals surface area contributed by atoms with Crippen molar-refractivity contribution in [2.45, 2.75) is 45.1 Å². The zero-order valence-electron chi connectivity index (χ0n) is 12.7. The van der Waals surface area contributed by atoms with Crippen LogP contribution in [-0.2, 0) is 14.9 Å². The van der Waals surface area contributed by atoms with Crippen molar-refractivity contribution >= 4 is 22.6 Å². The van der Waals surface area contributed by atoms with Crippen molar-refractivity contribution in [1.29, 1.82) is 0 Å². The number of imidazole rings is 1. The van der Waals surface area contributed by atoms with Crippen LogP contribution in [-0.4, -0.2) is 28.6 Å². The van der Waals surface area contributed by atoms with Gasteiger partial charge in [0.25, 0.3) is 5.91 Å². The van der Waals surface area contributed by atoms with E-state index in [1.54, 1.807) is 0 Å². The Hall–Kier alpha value is -1.88. The number of fused-ring (bicyclic) bond motifs is 1. The van der Waals surface area contributed by atoms with E-state index in [0.29, 0.717) is 6.61 Å². The number of amides is 1. The second kappa shape index (κ2) is 5.15. The number of aromatic amines is 1. The molecule has 2 aromatic rings. The van der Waals surface area contributed by atoms with Gasteiger partial charge in [0.2, 0.25) is 0 Å². The van der Waals surface area contributed by atoms with Crippen molar-refractivity contribution in [3.8, 4) is 0 Å². The first-order valence-electron chi connectivity index (χ1n) is 7.36. The molecule has 0 aliphatic carbocycles. The summed E-state index contributed by atoms with van der Waals surface area (Å²) in [5.41, 5.74) is 2.59. The fourth-order valence-electron chi connectivity index (χ4n) is 2.45. The summed E-state index contributed by atoms with van der Waals surface area (Å²) < 4.78 is 5.39. The Balaban J connectivity index is 1.82. The number of benzene rings is 1. The molecule has 2 N–H and O–H groups in total. The van der Waals surface area contributed by atoms with Gasteiger partial charge in [-0.3, -0.25) is 4.79 Å². The predicted molar refractivity (Wildman–Crippen MR) is 82.4 cm³/mol. The van der Waals surface area contributed by atoms with Crippen molar-refractivity contribution < 1.29 is 9.53 Å². The third-order valence-corrected chi connectivity index (χ3v) is 3.68. The molecule has 5 heteroatoms. The minimum absolute atomic E-state index is 0.0277. The van der Waals surface area contributed by atoms with E-state index in [2.05, 4.69) is 36.1 Å². The number of nitrogens with zero attached hydrogens (tertiary/aromatic N) is 1. The van der Waals surface area contributed by atoms with E-state index in [1.165, 1.54) is 0 Å². The zero-order valence-corrected chi connectivity index (χ0v) is 12.7. The average molecular weight is 287 g/mol. The lowest BCUT2D eigenvalue weighted by molar-refractivity contribution is -0.124. The summed E-state index contributed by atoms with van der Waals surface area (Å²) in [5.74, 6) is 0.877. The average Bonchev–Trinajstić information content (AvgIpc) is 3.06. The van der Waals surface area contributed by atoms with E-state index in [9.17, 15) is 4.79 Å². The SMILES string of the molecule is CC(C)(C)c1nc2ccc(NC(=O)[C@H]3CCCO3)cc2[nH]1. The number of hydrogen-bond donors (Lipinski definition) is 2. The van der Waals surface area contributed by atoms with Gasteiger partial charge in [0.15, 0.2) is 0 Å². The molecule has 0 spiro atoms. The van der Waals surface area contributed by atoms with Gasteiger partial charge >= 0.3 is 0 Å². The van der Waals surface area contributed by atoms with Crippen molar-refractivity contribution in [2.75, 3.05) is 11.9 Å². The maximum absolute atomic E-state index is 12.1. The minimum Gasteiger partial charge on any atom is -0.368 e. The predicted octanol–water partition coefficient (Wildman–Crippen LogP) is 2.98. The molecule has 1 fully saturated rings. The summed E-state index contributed by atoms with van der Waals surface area (Å²) in [6, 6.07) is 5.72. The van der Waals surface area contributed by atoms with Crippen molar-refractivity contribution in [1.82, 2.24) is 9.97 Å². The van der Waals surface area contributed by atoms with Gasteiger partial charge in [0, 0.05) is 17.7 Å². The van der Waals surface area contributed by atoms with Gasteiger partial charge in [-0.05, 0) is 31.0 Å². The van der Waals surface area contributed by atoms with E-state index in [1.807, 2.05) is 18.2 Å². The number of rotatable bonds is 2. The smallest absolute Gasteiger partial charge is 0.253 e. The van der Waals surface area contributed by atoms with E-state index >= 15 is 0 Å². The summed E-state index contributed by atoms with van der Waals surface area (Å²) in [4.78, 5) is 20.0. The lowest BCUT2D eigenvalue weighted by Gasteiger charge is -2.13. The molecule has 2 heterocycles. The van der Waals surface area contributed by atoms with Gasteiger partial charge in [0.1, 0.15) is 11.9 Å². The van der Waals surface area contributed by atoms with E-state index in [0.717, 1.165) is 35.4 Å². The Morgan fingerprint density at radius 3 is 2.90 bits per heavy atom. The van der Waals surface area contributed by atoms with Crippen LogP contribution in [0.25, 0.3) is 11.0 Å². The number of H-pyrrole nitrogens is 1. The van der Waals surface area contributed by atoms with Crippen LogP contribution in [0.3, 0.4) is 0 Å². The maximum atomic E-state index is 12.1. The van der Waals surface area contributed by atoms with Gasteiger partial charge in [0.05, 0.1) is 11.0 Å². The number of aromatic nitrogens is 2. The highest BCUT2D eigenvalue weighted by Gasteiger charge is 2.24. The van der Waals surface area contributed by atoms with Crippen LogP contribution in [0.2, 0.25) is 0 Å². The Morgan fingerprint density at radius 2 is 2.24 bits per heavy atom. The third kappa shape index (κ3) is 2.93. The first-order chi connectivity index (χ1) is 9.93. The minimum atomic E-state index is -0.312. The molecule has 1 aromatic carbocycles. The first-order valence-corrected chi connectivity index (χ1v) is 7.36. The molecule has 0 radical (unpaired) electrons. The quantitative estimate of drug-likeness (QED) is 0.892. The molecule has 112 valence electrons. The fourth-order valence-corrected chi connectivity index (χ4v) is 2.45. The summed E-state index contributed by atoms with van der Waals surface area (Å²) in [6.07, 6.45) is 1.44. The topological polar surface area (TPSA) is 67.0 Å². The molecule has 0 bridgehead atoms. The molecule has 1 amide bonds. The van der Waals surface area contributed by atoms with Crippen LogP contribution in [0.4, 0.5) is 5.69 Å². The lowest BCUT2D eigenvalue weighted by atomic mass is 9.96. The normalized spacial score (nSPS) is 19.1. The number of hydrogen-bond acceptors (Lipinski definition) is 3. The van der Waals surface area contributed by atoms with E-state index < -0.39 is 0 Å². The largest absolute Gasteiger partial charge is 0.368 e. The highest BCUT2D eigenvalue weighted by atomic mass is 16.5. The lowest BCUT2D eigenvalue weighted by Crippen LogP contribution is -2.26. The summed E-state index contributed by atoms with van der Waals surface area (Å²) in [6.45, 7) is 7.02. The van der Waals surface area contributed by atoms with Gasteiger partial charge in [-0.25, -0.2) is 4.98 Å². The monoisotopic (exact) mass is 287 g/mol. The maximum Gasteiger partial charge on any atom is 0.253 e. The Morgan fingerprint density at radius 1 is 1.43 bits per heavy atom. The molecule has 1 aliphatic heterocycles. The molecule has 0 unspecified atom stereocenters. The van der Waals surface area contributed by atoms with Crippen LogP contribution in [0.5, 0.6) is 0 Å². The van der Waals surface area contributed by atoms with Gasteiger partial charge < -0.3 is 15.0 Å². The Labute approximate surface area is 124 Å². The molecule has 3 rings (SSSR count). The fraction of sp³-hybridized carbons (Fsp3) is 0.500. The second-order valence-corrected chi connectivity index (χ2v) is 6.56. The summed E-state index contributed by atoms with van der Waals surface area (Å²) in [7, 11) is 0. The summed E-state index contributed by atoms with van der Waals surface area (Å²) in [5, 5.41) is 2.91. The molecule has 0 saturated carbocycles. The van der Waals surface area contributed by atoms with E-state index in [-0.39, 0.29) is 17.4 Å². The zero-order chi connectivity index (χ0) is 15.0. The summed E-state index contributed by atoms with van der Waals surface area (Å²) >= 11 is 0. The molecule has 5 nitrogen and oxygen atoms in total. The van der Waals surface area contributed by atoms with Crippen molar-refractivity contribution in [3.63, 3.8) is 0 Å². The highest BCUT2D eigenvalue weighted by molar-refractivity contribution is 5.96. The van der Waals surface area contributed by atoms with Crippen molar-refractivity contribution in [2.24, 2.45) is 0 Å². The first kappa shape index (κ1) is 14.1. The highest BCUT2D eigenvalue weighted by Crippen LogP contribution is 2.24. The molecule has 21 heavy (non-hydrogen) atoms. The van der Waals surface area contributed by atoms with Crippen LogP contribution >= 0.6 is 0 Å². The number of carbonyl (C=O) groups excluding carboxylic acids is 1. The van der Waals surface area contributed by atoms with Gasteiger partial charge in [-0.1, -0.05) is 20.8 Å². The van der Waals surface area contributed by atoms with E-state index in [4.69, 9.17) is 4.74 Å². The number of ether oxygens (including phenoxy) is 1. The standard InChI is InChI=1S/C16H21N3O2/c1-16(2,3)15-18-11-7-6-10(9-12(11)19-15)17-14(20)13-5-4-8-21-13/h6-7,9,13H,4-5,8H2,1-3H3,(H,17,20)(H,18,19)/t13-/m1/s1. The van der Waals surface area contributed by atoms with Crippen LogP contribution < -0.4 is 5.32 Å². The third-order valence-electron chi connectivity index (χ3n) is 3.68. The Kier molecular flexibility index (Phi) is 3.45. The van der Waals surface area contributed by atoms with Crippen LogP contribution in [0.15, 0.2) is 18.2 Å². The number of nitrogens with one attached hydrogen (secondary N) is 2. The Bertz CT molecular complexity index is 664. The number of anilines is 1. The van der Waals surface area contributed by atoms with Gasteiger partial charge in [-0.15, -0.1) is 0 Å². The molecule has 1 saturated heterocycles. The molecular weight excluding hydrogens is 266 g/mol. The van der Waals surface area contributed by atoms with Gasteiger partial charge in [-0.2, -0.15) is 0 Å². The molecule has 1 aliphatic rings.